The Kier molecular flexibility index (Phi) is 3.54. The Morgan fingerprint density at radius 3 is 2.03 bits per heavy atom. The quantitative estimate of drug-likeness (QED) is 0.296. The number of fused-ring (bicyclic) bond motifs is 5. The zero-order chi connectivity index (χ0) is 19.2. The summed E-state index contributed by atoms with van der Waals surface area (Å²) >= 11 is 0. The molecule has 1 nitrogen and oxygen atoms in total. The van der Waals surface area contributed by atoms with Crippen LogP contribution in [0.3, 0.4) is 0 Å². The zero-order valence-corrected chi connectivity index (χ0v) is 15.9. The molecule has 0 N–H and O–H groups in total. The van der Waals surface area contributed by atoms with Crippen LogP contribution in [0.15, 0.2) is 115 Å². The molecular weight excluding hydrogens is 350 g/mol. The normalized spacial score (nSPS) is 11.4. The maximum absolute atomic E-state index is 2.42. The fourth-order valence-corrected chi connectivity index (χ4v) is 4.53. The molecule has 1 heteroatoms. The van der Waals surface area contributed by atoms with Crippen molar-refractivity contribution in [3.8, 4) is 16.8 Å². The largest absolute Gasteiger partial charge is 0.309 e. The minimum Gasteiger partial charge on any atom is -0.309 e. The number of benzene rings is 5. The average Bonchev–Trinajstić information content (AvgIpc) is 3.14. The van der Waals surface area contributed by atoms with E-state index < -0.39 is 0 Å². The molecule has 0 fully saturated rings. The van der Waals surface area contributed by atoms with Gasteiger partial charge in [0.2, 0.25) is 0 Å². The molecule has 0 saturated heterocycles. The summed E-state index contributed by atoms with van der Waals surface area (Å²) in [5.41, 5.74) is 6.16. The van der Waals surface area contributed by atoms with E-state index in [0.717, 1.165) is 0 Å². The highest BCUT2D eigenvalue weighted by atomic mass is 15.0. The van der Waals surface area contributed by atoms with Gasteiger partial charge in [0.05, 0.1) is 16.7 Å². The van der Waals surface area contributed by atoms with Crippen molar-refractivity contribution in [3.05, 3.63) is 115 Å². The first-order chi connectivity index (χ1) is 14.4. The highest BCUT2D eigenvalue weighted by Crippen LogP contribution is 2.38. The molecule has 1 aromatic heterocycles. The van der Waals surface area contributed by atoms with E-state index in [1.165, 1.54) is 49.4 Å². The predicted molar refractivity (Wildman–Crippen MR) is 124 cm³/mol. The van der Waals surface area contributed by atoms with E-state index in [9.17, 15) is 0 Å². The van der Waals surface area contributed by atoms with Gasteiger partial charge in [0.15, 0.2) is 0 Å². The molecule has 1 heterocycles. The Morgan fingerprint density at radius 2 is 1.14 bits per heavy atom. The zero-order valence-electron chi connectivity index (χ0n) is 15.9. The van der Waals surface area contributed by atoms with E-state index in [0.29, 0.717) is 0 Å². The Balaban J connectivity index is 1.79. The van der Waals surface area contributed by atoms with Crippen LogP contribution in [0, 0.1) is 0 Å². The van der Waals surface area contributed by atoms with Crippen LogP contribution in [0.1, 0.15) is 0 Å². The van der Waals surface area contributed by atoms with Gasteiger partial charge in [-0.15, -0.1) is 0 Å². The summed E-state index contributed by atoms with van der Waals surface area (Å²) in [5.74, 6) is 0. The van der Waals surface area contributed by atoms with Crippen LogP contribution in [0.4, 0.5) is 0 Å². The van der Waals surface area contributed by atoms with Gasteiger partial charge in [0.1, 0.15) is 0 Å². The van der Waals surface area contributed by atoms with E-state index in [-0.39, 0.29) is 0 Å². The second-order valence-electron chi connectivity index (χ2n) is 7.42. The second kappa shape index (κ2) is 6.35. The average molecular weight is 369 g/mol. The lowest BCUT2D eigenvalue weighted by atomic mass is 10.0. The SMILES string of the molecule is c1ccc(-c2ccccc2-n2c3ccccc3c3c4ccccc4ccc32)cc1. The fourth-order valence-electron chi connectivity index (χ4n) is 4.53. The number of hydrogen-bond donors (Lipinski definition) is 0. The first-order valence-corrected chi connectivity index (χ1v) is 9.97. The standard InChI is InChI=1S/C28H19N/c1-2-10-20(11-3-1)22-13-6-8-16-25(22)29-26-17-9-7-15-24(26)28-23-14-5-4-12-21(23)18-19-27(28)29/h1-19H. The summed E-state index contributed by atoms with van der Waals surface area (Å²) < 4.78 is 2.42. The lowest BCUT2D eigenvalue weighted by molar-refractivity contribution is 1.18. The summed E-state index contributed by atoms with van der Waals surface area (Å²) in [4.78, 5) is 0. The molecule has 0 spiro atoms. The number of aromatic nitrogens is 1. The topological polar surface area (TPSA) is 4.93 Å². The molecule has 136 valence electrons. The molecule has 0 atom stereocenters. The minimum atomic E-state index is 1.21. The van der Waals surface area contributed by atoms with Crippen molar-refractivity contribution in [2.75, 3.05) is 0 Å². The first kappa shape index (κ1) is 16.1. The third-order valence-corrected chi connectivity index (χ3v) is 5.79. The van der Waals surface area contributed by atoms with Crippen molar-refractivity contribution >= 4 is 32.6 Å². The van der Waals surface area contributed by atoms with Crippen LogP contribution in [-0.2, 0) is 0 Å². The molecule has 0 aliphatic carbocycles. The highest BCUT2D eigenvalue weighted by molar-refractivity contribution is 6.21. The third-order valence-electron chi connectivity index (χ3n) is 5.79. The van der Waals surface area contributed by atoms with Crippen molar-refractivity contribution in [2.24, 2.45) is 0 Å². The van der Waals surface area contributed by atoms with E-state index in [4.69, 9.17) is 0 Å². The number of nitrogens with zero attached hydrogens (tertiary/aromatic N) is 1. The van der Waals surface area contributed by atoms with Crippen LogP contribution < -0.4 is 0 Å². The molecule has 0 aliphatic rings. The number of rotatable bonds is 2. The van der Waals surface area contributed by atoms with E-state index >= 15 is 0 Å². The molecule has 0 amide bonds. The maximum Gasteiger partial charge on any atom is 0.0547 e. The summed E-state index contributed by atoms with van der Waals surface area (Å²) in [5, 5.41) is 5.19. The van der Waals surface area contributed by atoms with E-state index in [1.807, 2.05) is 0 Å². The number of hydrogen-bond acceptors (Lipinski definition) is 0. The maximum atomic E-state index is 2.42. The fraction of sp³-hybridized carbons (Fsp3) is 0. The van der Waals surface area contributed by atoms with Gasteiger partial charge >= 0.3 is 0 Å². The van der Waals surface area contributed by atoms with Crippen molar-refractivity contribution in [1.29, 1.82) is 0 Å². The number of para-hydroxylation sites is 2. The van der Waals surface area contributed by atoms with Crippen LogP contribution in [0.2, 0.25) is 0 Å². The molecular formula is C28H19N. The second-order valence-corrected chi connectivity index (χ2v) is 7.42. The van der Waals surface area contributed by atoms with Gasteiger partial charge in [-0.2, -0.15) is 0 Å². The summed E-state index contributed by atoms with van der Waals surface area (Å²) in [6.45, 7) is 0. The summed E-state index contributed by atoms with van der Waals surface area (Å²) in [7, 11) is 0. The van der Waals surface area contributed by atoms with Crippen molar-refractivity contribution < 1.29 is 0 Å². The smallest absolute Gasteiger partial charge is 0.0547 e. The molecule has 29 heavy (non-hydrogen) atoms. The predicted octanol–water partition coefficient (Wildman–Crippen LogP) is 7.60. The highest BCUT2D eigenvalue weighted by Gasteiger charge is 2.16. The Labute approximate surface area is 169 Å². The van der Waals surface area contributed by atoms with Gasteiger partial charge in [-0.25, -0.2) is 0 Å². The van der Waals surface area contributed by atoms with Gasteiger partial charge < -0.3 is 4.57 Å². The van der Waals surface area contributed by atoms with Crippen LogP contribution >= 0.6 is 0 Å². The molecule has 0 radical (unpaired) electrons. The van der Waals surface area contributed by atoms with Gasteiger partial charge in [-0.05, 0) is 34.5 Å². The molecule has 5 aromatic carbocycles. The van der Waals surface area contributed by atoms with Crippen molar-refractivity contribution in [2.45, 2.75) is 0 Å². The van der Waals surface area contributed by atoms with Gasteiger partial charge in [-0.3, -0.25) is 0 Å². The van der Waals surface area contributed by atoms with Gasteiger partial charge in [0, 0.05) is 16.3 Å². The van der Waals surface area contributed by atoms with Gasteiger partial charge in [-0.1, -0.05) is 97.1 Å². The van der Waals surface area contributed by atoms with Crippen LogP contribution in [-0.4, -0.2) is 4.57 Å². The van der Waals surface area contributed by atoms with E-state index in [1.54, 1.807) is 0 Å². The van der Waals surface area contributed by atoms with Crippen molar-refractivity contribution in [3.63, 3.8) is 0 Å². The summed E-state index contributed by atoms with van der Waals surface area (Å²) in [6.07, 6.45) is 0. The third kappa shape index (κ3) is 2.41. The Morgan fingerprint density at radius 1 is 0.448 bits per heavy atom. The monoisotopic (exact) mass is 369 g/mol. The molecule has 0 saturated carbocycles. The van der Waals surface area contributed by atoms with Crippen LogP contribution in [0.25, 0.3) is 49.4 Å². The summed E-state index contributed by atoms with van der Waals surface area (Å²) in [6, 6.07) is 41.2. The molecule has 6 aromatic rings. The molecule has 0 unspecified atom stereocenters. The molecule has 0 bridgehead atoms. The Hall–Kier alpha value is -3.84. The molecule has 6 rings (SSSR count). The van der Waals surface area contributed by atoms with Gasteiger partial charge in [0.25, 0.3) is 0 Å². The lowest BCUT2D eigenvalue weighted by Crippen LogP contribution is -1.96. The van der Waals surface area contributed by atoms with Crippen LogP contribution in [0.5, 0.6) is 0 Å². The lowest BCUT2D eigenvalue weighted by Gasteiger charge is -2.14. The minimum absolute atomic E-state index is 1.21. The first-order valence-electron chi connectivity index (χ1n) is 9.97. The molecule has 0 aliphatic heterocycles. The Bertz CT molecular complexity index is 1490. The van der Waals surface area contributed by atoms with E-state index in [2.05, 4.69) is 120 Å². The van der Waals surface area contributed by atoms with Crippen molar-refractivity contribution in [1.82, 2.24) is 4.57 Å².